The maximum absolute atomic E-state index is 5.84. The average molecular weight is 385 g/mol. The summed E-state index contributed by atoms with van der Waals surface area (Å²) in [7, 11) is 7.21. The minimum absolute atomic E-state index is 0.0575. The van der Waals surface area contributed by atoms with Crippen LogP contribution in [0.4, 0.5) is 0 Å². The number of nitrogens with zero attached hydrogens (tertiary/aromatic N) is 1. The van der Waals surface area contributed by atoms with Crippen LogP contribution in [0, 0.1) is 0 Å². The van der Waals surface area contributed by atoms with Gasteiger partial charge in [0.15, 0.2) is 0 Å². The summed E-state index contributed by atoms with van der Waals surface area (Å²) in [5.74, 6) is 2.54. The summed E-state index contributed by atoms with van der Waals surface area (Å²) in [5, 5.41) is 1.25. The van der Waals surface area contributed by atoms with Gasteiger partial charge < -0.3 is 18.8 Å². The molecule has 1 unspecified atom stereocenters. The molecule has 1 aromatic heterocycles. The van der Waals surface area contributed by atoms with E-state index in [0.29, 0.717) is 0 Å². The minimum atomic E-state index is 0.0575. The zero-order chi connectivity index (χ0) is 20.1. The number of hydrogen-bond acceptors (Lipinski definition) is 3. The Morgan fingerprint density at radius 1 is 0.759 bits per heavy atom. The van der Waals surface area contributed by atoms with Crippen LogP contribution in [-0.2, 0) is 7.05 Å². The highest BCUT2D eigenvalue weighted by Crippen LogP contribution is 2.54. The van der Waals surface area contributed by atoms with Crippen molar-refractivity contribution in [1.82, 2.24) is 4.57 Å². The standard InChI is InChI=1S/C25H23NO3/c1-26-14-21(18-7-5-6-8-22(18)26)24-19-11-15(27-2)9-10-17(19)20-12-16(28-3)13-23(29-4)25(20)24/h5-14,24H,1-4H3. The van der Waals surface area contributed by atoms with Crippen molar-refractivity contribution in [3.8, 4) is 28.4 Å². The lowest BCUT2D eigenvalue weighted by Gasteiger charge is -2.17. The van der Waals surface area contributed by atoms with Crippen LogP contribution in [0.1, 0.15) is 22.6 Å². The fraction of sp³-hybridized carbons (Fsp3) is 0.200. The number of fused-ring (bicyclic) bond motifs is 4. The molecule has 1 aliphatic rings. The fourth-order valence-corrected chi connectivity index (χ4v) is 4.64. The predicted molar refractivity (Wildman–Crippen MR) is 115 cm³/mol. The zero-order valence-corrected chi connectivity index (χ0v) is 17.0. The van der Waals surface area contributed by atoms with Gasteiger partial charge in [-0.25, -0.2) is 0 Å². The van der Waals surface area contributed by atoms with E-state index >= 15 is 0 Å². The highest BCUT2D eigenvalue weighted by molar-refractivity contribution is 5.91. The Hall–Kier alpha value is -3.40. The van der Waals surface area contributed by atoms with E-state index in [1.165, 1.54) is 33.2 Å². The van der Waals surface area contributed by atoms with Crippen molar-refractivity contribution in [2.75, 3.05) is 21.3 Å². The summed E-state index contributed by atoms with van der Waals surface area (Å²) in [4.78, 5) is 0. The van der Waals surface area contributed by atoms with E-state index in [9.17, 15) is 0 Å². The average Bonchev–Trinajstić information content (AvgIpc) is 3.27. The Balaban J connectivity index is 1.87. The summed E-state index contributed by atoms with van der Waals surface area (Å²) < 4.78 is 19.1. The number of benzene rings is 3. The fourth-order valence-electron chi connectivity index (χ4n) is 4.64. The van der Waals surface area contributed by atoms with Gasteiger partial charge in [-0.05, 0) is 46.5 Å². The van der Waals surface area contributed by atoms with Crippen molar-refractivity contribution in [2.45, 2.75) is 5.92 Å². The van der Waals surface area contributed by atoms with Crippen LogP contribution in [0.15, 0.2) is 60.8 Å². The molecule has 0 N–H and O–H groups in total. The second-order valence-electron chi connectivity index (χ2n) is 7.39. The van der Waals surface area contributed by atoms with Crippen LogP contribution in [-0.4, -0.2) is 25.9 Å². The summed E-state index contributed by atoms with van der Waals surface area (Å²) in [6, 6.07) is 18.9. The third kappa shape index (κ3) is 2.52. The topological polar surface area (TPSA) is 32.6 Å². The number of rotatable bonds is 4. The van der Waals surface area contributed by atoms with E-state index in [1.54, 1.807) is 21.3 Å². The van der Waals surface area contributed by atoms with Crippen LogP contribution < -0.4 is 14.2 Å². The van der Waals surface area contributed by atoms with Gasteiger partial charge in [-0.3, -0.25) is 0 Å². The Morgan fingerprint density at radius 3 is 2.31 bits per heavy atom. The van der Waals surface area contributed by atoms with E-state index in [2.05, 4.69) is 60.3 Å². The lowest BCUT2D eigenvalue weighted by Crippen LogP contribution is -2.02. The van der Waals surface area contributed by atoms with Crippen LogP contribution >= 0.6 is 0 Å². The first-order valence-electron chi connectivity index (χ1n) is 9.64. The summed E-state index contributed by atoms with van der Waals surface area (Å²) in [6.07, 6.45) is 2.23. The Bertz CT molecular complexity index is 1240. The molecule has 5 rings (SSSR count). The molecule has 4 heteroatoms. The van der Waals surface area contributed by atoms with E-state index in [4.69, 9.17) is 14.2 Å². The van der Waals surface area contributed by atoms with Gasteiger partial charge in [0.2, 0.25) is 0 Å². The minimum Gasteiger partial charge on any atom is -0.497 e. The number of para-hydroxylation sites is 1. The molecule has 0 spiro atoms. The van der Waals surface area contributed by atoms with Crippen molar-refractivity contribution in [3.05, 3.63) is 77.5 Å². The van der Waals surface area contributed by atoms with Crippen molar-refractivity contribution in [2.24, 2.45) is 7.05 Å². The molecule has 1 atom stereocenters. The lowest BCUT2D eigenvalue weighted by molar-refractivity contribution is 0.391. The third-order valence-electron chi connectivity index (χ3n) is 5.96. The van der Waals surface area contributed by atoms with Gasteiger partial charge in [0.05, 0.1) is 21.3 Å². The number of aromatic nitrogens is 1. The number of ether oxygens (including phenoxy) is 3. The first-order valence-corrected chi connectivity index (χ1v) is 9.64. The molecule has 0 radical (unpaired) electrons. The molecule has 0 bridgehead atoms. The quantitative estimate of drug-likeness (QED) is 0.417. The molecule has 0 fully saturated rings. The molecule has 1 heterocycles. The molecule has 146 valence electrons. The molecule has 3 aromatic carbocycles. The summed E-state index contributed by atoms with van der Waals surface area (Å²) in [6.45, 7) is 0. The SMILES string of the molecule is COc1cc(OC)c2c(c1)-c1ccc(OC)cc1C2c1cn(C)c2ccccc12. The maximum atomic E-state index is 5.84. The van der Waals surface area contributed by atoms with Crippen molar-refractivity contribution in [1.29, 1.82) is 0 Å². The maximum Gasteiger partial charge on any atom is 0.127 e. The van der Waals surface area contributed by atoms with Crippen LogP contribution in [0.25, 0.3) is 22.0 Å². The smallest absolute Gasteiger partial charge is 0.127 e. The van der Waals surface area contributed by atoms with Gasteiger partial charge >= 0.3 is 0 Å². The van der Waals surface area contributed by atoms with Crippen molar-refractivity contribution < 1.29 is 14.2 Å². The van der Waals surface area contributed by atoms with E-state index in [-0.39, 0.29) is 5.92 Å². The van der Waals surface area contributed by atoms with Crippen LogP contribution in [0.2, 0.25) is 0 Å². The van der Waals surface area contributed by atoms with Gasteiger partial charge in [-0.1, -0.05) is 24.3 Å². The molecular weight excluding hydrogens is 362 g/mol. The first kappa shape index (κ1) is 17.7. The number of hydrogen-bond donors (Lipinski definition) is 0. The zero-order valence-electron chi connectivity index (χ0n) is 17.0. The van der Waals surface area contributed by atoms with Crippen LogP contribution in [0.5, 0.6) is 17.2 Å². The largest absolute Gasteiger partial charge is 0.497 e. The Kier molecular flexibility index (Phi) is 4.02. The normalized spacial score (nSPS) is 14.6. The van der Waals surface area contributed by atoms with Gasteiger partial charge in [0.1, 0.15) is 17.2 Å². The Labute approximate surface area is 170 Å². The monoisotopic (exact) mass is 385 g/mol. The molecule has 0 saturated heterocycles. The van der Waals surface area contributed by atoms with Gasteiger partial charge in [-0.2, -0.15) is 0 Å². The highest BCUT2D eigenvalue weighted by Gasteiger charge is 2.35. The second kappa shape index (κ2) is 6.59. The molecule has 1 aliphatic carbocycles. The van der Waals surface area contributed by atoms with E-state index in [0.717, 1.165) is 22.8 Å². The van der Waals surface area contributed by atoms with Gasteiger partial charge in [0, 0.05) is 41.7 Å². The first-order chi connectivity index (χ1) is 14.2. The van der Waals surface area contributed by atoms with Crippen LogP contribution in [0.3, 0.4) is 0 Å². The lowest BCUT2D eigenvalue weighted by atomic mass is 9.88. The summed E-state index contributed by atoms with van der Waals surface area (Å²) >= 11 is 0. The molecule has 4 aromatic rings. The predicted octanol–water partition coefficient (Wildman–Crippen LogP) is 5.36. The highest BCUT2D eigenvalue weighted by atomic mass is 16.5. The third-order valence-corrected chi connectivity index (χ3v) is 5.96. The van der Waals surface area contributed by atoms with Gasteiger partial charge in [-0.15, -0.1) is 0 Å². The van der Waals surface area contributed by atoms with Crippen molar-refractivity contribution >= 4 is 10.9 Å². The molecule has 4 nitrogen and oxygen atoms in total. The molecule has 0 saturated carbocycles. The van der Waals surface area contributed by atoms with E-state index in [1.807, 2.05) is 12.1 Å². The molecule has 0 amide bonds. The number of methoxy groups -OCH3 is 3. The molecule has 0 aliphatic heterocycles. The second-order valence-corrected chi connectivity index (χ2v) is 7.39. The number of aryl methyl sites for hydroxylation is 1. The summed E-state index contributed by atoms with van der Waals surface area (Å²) in [5.41, 5.74) is 7.22. The molecule has 29 heavy (non-hydrogen) atoms. The van der Waals surface area contributed by atoms with E-state index < -0.39 is 0 Å². The Morgan fingerprint density at radius 2 is 1.55 bits per heavy atom. The van der Waals surface area contributed by atoms with Crippen molar-refractivity contribution in [3.63, 3.8) is 0 Å². The molecular formula is C25H23NO3. The van der Waals surface area contributed by atoms with Gasteiger partial charge in [0.25, 0.3) is 0 Å².